The summed E-state index contributed by atoms with van der Waals surface area (Å²) in [5.74, 6) is -0.352. The van der Waals surface area contributed by atoms with Crippen LogP contribution < -0.4 is 23.8 Å². The van der Waals surface area contributed by atoms with Crippen LogP contribution in [0.3, 0.4) is 0 Å². The van der Waals surface area contributed by atoms with Gasteiger partial charge in [0.05, 0.1) is 7.11 Å². The number of carbonyl (C=O) groups is 1. The summed E-state index contributed by atoms with van der Waals surface area (Å²) < 4.78 is 55.2. The highest BCUT2D eigenvalue weighted by Gasteiger charge is 2.37. The Hall–Kier alpha value is -3.80. The molecule has 4 rings (SSSR count). The molecule has 1 amide bonds. The zero-order chi connectivity index (χ0) is 23.6. The van der Waals surface area contributed by atoms with Gasteiger partial charge in [0.25, 0.3) is 5.91 Å². The summed E-state index contributed by atoms with van der Waals surface area (Å²) >= 11 is 0. The molecule has 0 spiro atoms. The van der Waals surface area contributed by atoms with Crippen molar-refractivity contribution in [3.8, 4) is 11.5 Å². The first kappa shape index (κ1) is 22.4. The van der Waals surface area contributed by atoms with Crippen molar-refractivity contribution in [2.24, 2.45) is 7.05 Å². The normalized spacial score (nSPS) is 14.8. The molecular weight excluding hydrogens is 453 g/mol. The van der Waals surface area contributed by atoms with Crippen molar-refractivity contribution in [2.45, 2.75) is 13.2 Å². The van der Waals surface area contributed by atoms with Crippen LogP contribution in [0, 0.1) is 5.82 Å². The van der Waals surface area contributed by atoms with Gasteiger partial charge in [0, 0.05) is 26.0 Å². The van der Waals surface area contributed by atoms with Gasteiger partial charge >= 0.3 is 10.2 Å². The van der Waals surface area contributed by atoms with Crippen LogP contribution in [0.5, 0.6) is 11.5 Å². The van der Waals surface area contributed by atoms with E-state index in [1.807, 2.05) is 11.8 Å². The zero-order valence-corrected chi connectivity index (χ0v) is 18.7. The molecule has 0 unspecified atom stereocenters. The lowest BCUT2D eigenvalue weighted by Gasteiger charge is -2.21. The molecule has 0 bridgehead atoms. The number of aryl methyl sites for hydroxylation is 1. The quantitative estimate of drug-likeness (QED) is 0.512. The van der Waals surface area contributed by atoms with E-state index in [0.29, 0.717) is 21.6 Å². The van der Waals surface area contributed by atoms with E-state index >= 15 is 4.39 Å². The Kier molecular flexibility index (Phi) is 6.09. The molecule has 0 aliphatic carbocycles. The lowest BCUT2D eigenvalue weighted by molar-refractivity contribution is -0.117. The molecule has 10 nitrogen and oxygen atoms in total. The number of hydrogen-bond acceptors (Lipinski definition) is 7. The summed E-state index contributed by atoms with van der Waals surface area (Å²) in [5, 5.41) is 3.08. The maximum atomic E-state index is 15.2. The SMILES string of the molecule is COc1ccc(COc2cc(CNc3nccn3C)cc(F)c2N2CC(=O)NS2(=O)=O)cc1. The number of anilines is 2. The van der Waals surface area contributed by atoms with Crippen LogP contribution in [-0.4, -0.2) is 37.5 Å². The fraction of sp³-hybridized carbons (Fsp3) is 0.238. The third-order valence-corrected chi connectivity index (χ3v) is 6.36. The Labute approximate surface area is 190 Å². The second-order valence-corrected chi connectivity index (χ2v) is 8.91. The number of ether oxygens (including phenoxy) is 2. The first-order chi connectivity index (χ1) is 15.8. The fourth-order valence-corrected chi connectivity index (χ4v) is 4.49. The lowest BCUT2D eigenvalue weighted by atomic mass is 10.1. The van der Waals surface area contributed by atoms with Crippen molar-refractivity contribution in [3.63, 3.8) is 0 Å². The van der Waals surface area contributed by atoms with Crippen molar-refractivity contribution in [1.29, 1.82) is 0 Å². The third kappa shape index (κ3) is 4.85. The maximum absolute atomic E-state index is 15.2. The van der Waals surface area contributed by atoms with Gasteiger partial charge in [0.1, 0.15) is 30.3 Å². The van der Waals surface area contributed by atoms with E-state index in [9.17, 15) is 13.2 Å². The summed E-state index contributed by atoms with van der Waals surface area (Å²) in [7, 11) is -0.862. The summed E-state index contributed by atoms with van der Waals surface area (Å²) in [5.41, 5.74) is 0.930. The molecule has 1 aromatic heterocycles. The minimum Gasteiger partial charge on any atom is -0.497 e. The molecule has 174 valence electrons. The summed E-state index contributed by atoms with van der Waals surface area (Å²) in [6.45, 7) is -0.282. The van der Waals surface area contributed by atoms with Gasteiger partial charge in [-0.25, -0.2) is 18.4 Å². The van der Waals surface area contributed by atoms with Gasteiger partial charge in [-0.3, -0.25) is 4.79 Å². The Bertz CT molecular complexity index is 1280. The summed E-state index contributed by atoms with van der Waals surface area (Å²) in [4.78, 5) is 15.9. The van der Waals surface area contributed by atoms with Crippen molar-refractivity contribution in [1.82, 2.24) is 14.3 Å². The van der Waals surface area contributed by atoms with Gasteiger partial charge in [-0.2, -0.15) is 8.42 Å². The molecule has 3 aromatic rings. The minimum atomic E-state index is -4.22. The molecule has 0 saturated carbocycles. The number of methoxy groups -OCH3 is 1. The van der Waals surface area contributed by atoms with E-state index in [1.54, 1.807) is 48.3 Å². The molecule has 1 aliphatic rings. The Morgan fingerprint density at radius 3 is 2.58 bits per heavy atom. The maximum Gasteiger partial charge on any atom is 0.326 e. The predicted molar refractivity (Wildman–Crippen MR) is 119 cm³/mol. The Morgan fingerprint density at radius 2 is 1.97 bits per heavy atom. The third-order valence-electron chi connectivity index (χ3n) is 4.98. The second kappa shape index (κ2) is 8.98. The molecule has 1 fully saturated rings. The van der Waals surface area contributed by atoms with Crippen LogP contribution in [0.2, 0.25) is 0 Å². The van der Waals surface area contributed by atoms with E-state index in [-0.39, 0.29) is 24.6 Å². The number of rotatable bonds is 8. The van der Waals surface area contributed by atoms with Gasteiger partial charge in [0.15, 0.2) is 5.82 Å². The van der Waals surface area contributed by atoms with Gasteiger partial charge in [-0.05, 0) is 35.4 Å². The van der Waals surface area contributed by atoms with Crippen LogP contribution in [0.15, 0.2) is 48.8 Å². The largest absolute Gasteiger partial charge is 0.497 e. The van der Waals surface area contributed by atoms with Gasteiger partial charge in [-0.1, -0.05) is 12.1 Å². The standard InChI is InChI=1S/C21H22FN5O5S/c1-26-8-7-23-21(26)24-11-15-9-17(22)20(27-12-19(28)25-33(27,29)30)18(10-15)32-13-14-3-5-16(31-2)6-4-14/h3-10H,11-13H2,1-2H3,(H,23,24)(H,25,28). The van der Waals surface area contributed by atoms with E-state index in [2.05, 4.69) is 10.3 Å². The number of nitrogens with one attached hydrogen (secondary N) is 2. The van der Waals surface area contributed by atoms with E-state index in [4.69, 9.17) is 9.47 Å². The number of benzene rings is 2. The molecule has 0 atom stereocenters. The average Bonchev–Trinajstić information content (AvgIpc) is 3.31. The van der Waals surface area contributed by atoms with Gasteiger partial charge in [0.2, 0.25) is 5.95 Å². The van der Waals surface area contributed by atoms with Crippen molar-refractivity contribution >= 4 is 27.8 Å². The second-order valence-electron chi connectivity index (χ2n) is 7.31. The Balaban J connectivity index is 1.65. The van der Waals surface area contributed by atoms with E-state index < -0.39 is 28.5 Å². The number of amides is 1. The lowest BCUT2D eigenvalue weighted by Crippen LogP contribution is -2.30. The number of halogens is 1. The minimum absolute atomic E-state index is 0.0115. The molecule has 2 N–H and O–H groups in total. The first-order valence-corrected chi connectivity index (χ1v) is 11.3. The van der Waals surface area contributed by atoms with Crippen LogP contribution >= 0.6 is 0 Å². The van der Waals surface area contributed by atoms with Crippen LogP contribution in [0.25, 0.3) is 0 Å². The molecule has 2 aromatic carbocycles. The van der Waals surface area contributed by atoms with E-state index in [0.717, 1.165) is 5.56 Å². The van der Waals surface area contributed by atoms with Gasteiger partial charge < -0.3 is 19.4 Å². The number of carbonyl (C=O) groups excluding carboxylic acids is 1. The zero-order valence-electron chi connectivity index (χ0n) is 17.9. The van der Waals surface area contributed by atoms with Crippen molar-refractivity contribution < 1.29 is 27.1 Å². The Morgan fingerprint density at radius 1 is 1.21 bits per heavy atom. The number of hydrogen-bond donors (Lipinski definition) is 2. The van der Waals surface area contributed by atoms with Crippen LogP contribution in [-0.2, 0) is 35.2 Å². The van der Waals surface area contributed by atoms with E-state index in [1.165, 1.54) is 12.1 Å². The molecule has 2 heterocycles. The highest BCUT2D eigenvalue weighted by atomic mass is 32.2. The number of imidazole rings is 1. The fourth-order valence-electron chi connectivity index (χ4n) is 3.33. The highest BCUT2D eigenvalue weighted by Crippen LogP contribution is 2.36. The van der Waals surface area contributed by atoms with Crippen molar-refractivity contribution in [3.05, 3.63) is 65.7 Å². The summed E-state index contributed by atoms with van der Waals surface area (Å²) in [6.07, 6.45) is 3.38. The highest BCUT2D eigenvalue weighted by molar-refractivity contribution is 7.92. The van der Waals surface area contributed by atoms with Crippen molar-refractivity contribution in [2.75, 3.05) is 23.3 Å². The predicted octanol–water partition coefficient (Wildman–Crippen LogP) is 1.94. The molecule has 12 heteroatoms. The smallest absolute Gasteiger partial charge is 0.326 e. The number of nitrogens with zero attached hydrogens (tertiary/aromatic N) is 3. The monoisotopic (exact) mass is 475 g/mol. The summed E-state index contributed by atoms with van der Waals surface area (Å²) in [6, 6.07) is 9.79. The molecular formula is C21H22FN5O5S. The molecule has 0 radical (unpaired) electrons. The molecule has 33 heavy (non-hydrogen) atoms. The number of aromatic nitrogens is 2. The first-order valence-electron chi connectivity index (χ1n) is 9.89. The molecule has 1 saturated heterocycles. The topological polar surface area (TPSA) is 115 Å². The van der Waals surface area contributed by atoms with Crippen LogP contribution in [0.4, 0.5) is 16.0 Å². The average molecular weight is 476 g/mol. The van der Waals surface area contributed by atoms with Gasteiger partial charge in [-0.15, -0.1) is 0 Å². The van der Waals surface area contributed by atoms with Crippen LogP contribution in [0.1, 0.15) is 11.1 Å². The molecule has 1 aliphatic heterocycles.